The summed E-state index contributed by atoms with van der Waals surface area (Å²) >= 11 is 0. The van der Waals surface area contributed by atoms with Gasteiger partial charge in [-0.15, -0.1) is 5.16 Å². The van der Waals surface area contributed by atoms with Gasteiger partial charge >= 0.3 is 6.03 Å². The van der Waals surface area contributed by atoms with E-state index in [0.717, 1.165) is 11.1 Å². The number of carbonyl (C=O) groups is 3. The third-order valence-electron chi connectivity index (χ3n) is 6.01. The minimum atomic E-state index is -1.68. The molecule has 184 valence electrons. The Balaban J connectivity index is 1.68. The van der Waals surface area contributed by atoms with Crippen molar-refractivity contribution in [1.29, 1.82) is 0 Å². The van der Waals surface area contributed by atoms with E-state index in [1.54, 1.807) is 48.5 Å². The molecule has 4 amide bonds. The van der Waals surface area contributed by atoms with E-state index in [2.05, 4.69) is 21.1 Å². The molecule has 3 aromatic rings. The van der Waals surface area contributed by atoms with Gasteiger partial charge < -0.3 is 26.1 Å². The number of anilines is 3. The maximum atomic E-state index is 13.8. The molecule has 4 N–H and O–H groups in total. The van der Waals surface area contributed by atoms with Crippen molar-refractivity contribution in [2.75, 3.05) is 22.1 Å². The smallest absolute Gasteiger partial charge is 0.320 e. The van der Waals surface area contributed by atoms with Crippen LogP contribution in [0.5, 0.6) is 0 Å². The fourth-order valence-corrected chi connectivity index (χ4v) is 4.24. The van der Waals surface area contributed by atoms with Gasteiger partial charge in [-0.25, -0.2) is 4.79 Å². The summed E-state index contributed by atoms with van der Waals surface area (Å²) in [6.07, 6.45) is 0.828. The summed E-state index contributed by atoms with van der Waals surface area (Å²) in [5.41, 5.74) is 2.50. The number of nitrogens with one attached hydrogen (secondary N) is 3. The zero-order valence-corrected chi connectivity index (χ0v) is 20.0. The molecule has 0 saturated heterocycles. The molecular weight excluding hydrogens is 458 g/mol. The summed E-state index contributed by atoms with van der Waals surface area (Å²) in [6.45, 7) is 3.84. The van der Waals surface area contributed by atoms with Crippen LogP contribution in [-0.2, 0) is 15.1 Å². The first-order chi connectivity index (χ1) is 17.3. The number of urea groups is 1. The van der Waals surface area contributed by atoms with E-state index in [1.807, 2.05) is 38.1 Å². The predicted molar refractivity (Wildman–Crippen MR) is 139 cm³/mol. The summed E-state index contributed by atoms with van der Waals surface area (Å²) in [6, 6.07) is 20.8. The predicted octanol–water partition coefficient (Wildman–Crippen LogP) is 4.16. The van der Waals surface area contributed by atoms with Crippen LogP contribution in [0.3, 0.4) is 0 Å². The van der Waals surface area contributed by atoms with Gasteiger partial charge in [0.2, 0.25) is 5.91 Å². The van der Waals surface area contributed by atoms with Crippen molar-refractivity contribution in [3.8, 4) is 0 Å². The van der Waals surface area contributed by atoms with E-state index >= 15 is 0 Å². The van der Waals surface area contributed by atoms with Crippen LogP contribution in [0.1, 0.15) is 23.1 Å². The fourth-order valence-electron chi connectivity index (χ4n) is 4.24. The second-order valence-corrected chi connectivity index (χ2v) is 8.67. The third kappa shape index (κ3) is 5.05. The summed E-state index contributed by atoms with van der Waals surface area (Å²) in [4.78, 5) is 41.5. The van der Waals surface area contributed by atoms with Gasteiger partial charge in [-0.1, -0.05) is 53.6 Å². The number of hydrogen-bond donors (Lipinski definition) is 4. The Morgan fingerprint density at radius 1 is 0.917 bits per heavy atom. The zero-order chi connectivity index (χ0) is 25.7. The SMILES string of the molecule is Cc1ccc(NC(=O)CC2(NC(=O)Nc3ccc(C)cc3)C(=O)N(CC=NO)c3ccccc32)cc1. The molecule has 1 atom stereocenters. The van der Waals surface area contributed by atoms with Crippen molar-refractivity contribution in [3.05, 3.63) is 89.5 Å². The highest BCUT2D eigenvalue weighted by Gasteiger charge is 2.53. The minimum absolute atomic E-state index is 0.0328. The topological polar surface area (TPSA) is 123 Å². The van der Waals surface area contributed by atoms with Crippen LogP contribution < -0.4 is 20.9 Å². The van der Waals surface area contributed by atoms with E-state index in [1.165, 1.54) is 11.1 Å². The highest BCUT2D eigenvalue weighted by molar-refractivity contribution is 6.13. The third-order valence-corrected chi connectivity index (χ3v) is 6.01. The van der Waals surface area contributed by atoms with E-state index < -0.39 is 23.4 Å². The molecule has 0 radical (unpaired) electrons. The Morgan fingerprint density at radius 2 is 1.50 bits per heavy atom. The Morgan fingerprint density at radius 3 is 2.11 bits per heavy atom. The molecule has 36 heavy (non-hydrogen) atoms. The number of nitrogens with zero attached hydrogens (tertiary/aromatic N) is 2. The summed E-state index contributed by atoms with van der Waals surface area (Å²) in [5.74, 6) is -0.961. The molecule has 0 aromatic heterocycles. The van der Waals surface area contributed by atoms with E-state index in [4.69, 9.17) is 5.21 Å². The Bertz CT molecular complexity index is 1240. The van der Waals surface area contributed by atoms with Crippen LogP contribution in [0.2, 0.25) is 0 Å². The van der Waals surface area contributed by atoms with Gasteiger partial charge in [-0.2, -0.15) is 0 Å². The summed E-state index contributed by atoms with van der Waals surface area (Å²) in [5, 5.41) is 20.3. The maximum absolute atomic E-state index is 13.8. The molecule has 1 aliphatic heterocycles. The molecular formula is C27H27N5O4. The number of fused-ring (bicyclic) bond motifs is 1. The van der Waals surface area contributed by atoms with Crippen molar-refractivity contribution >= 4 is 41.1 Å². The molecule has 0 fully saturated rings. The maximum Gasteiger partial charge on any atom is 0.320 e. The lowest BCUT2D eigenvalue weighted by Gasteiger charge is -2.29. The van der Waals surface area contributed by atoms with Crippen LogP contribution in [0.4, 0.5) is 21.9 Å². The lowest BCUT2D eigenvalue weighted by molar-refractivity contribution is -0.128. The average molecular weight is 486 g/mol. The van der Waals surface area contributed by atoms with E-state index in [9.17, 15) is 14.4 Å². The normalized spacial score (nSPS) is 16.6. The van der Waals surface area contributed by atoms with Crippen molar-refractivity contribution < 1.29 is 19.6 Å². The first-order valence-corrected chi connectivity index (χ1v) is 11.4. The van der Waals surface area contributed by atoms with Gasteiger partial charge in [0, 0.05) is 16.9 Å². The van der Waals surface area contributed by atoms with Crippen LogP contribution in [0, 0.1) is 13.8 Å². The number of carbonyl (C=O) groups excluding carboxylic acids is 3. The second-order valence-electron chi connectivity index (χ2n) is 8.67. The molecule has 1 unspecified atom stereocenters. The van der Waals surface area contributed by atoms with Crippen LogP contribution in [0.25, 0.3) is 0 Å². The summed E-state index contributed by atoms with van der Waals surface area (Å²) < 4.78 is 0. The zero-order valence-electron chi connectivity index (χ0n) is 20.0. The molecule has 4 rings (SSSR count). The molecule has 0 aliphatic carbocycles. The Hall–Kier alpha value is -4.66. The van der Waals surface area contributed by atoms with Crippen molar-refractivity contribution in [2.45, 2.75) is 25.8 Å². The fraction of sp³-hybridized carbons (Fsp3) is 0.185. The lowest BCUT2D eigenvalue weighted by atomic mass is 9.87. The van der Waals surface area contributed by atoms with Gasteiger partial charge in [0.25, 0.3) is 5.91 Å². The van der Waals surface area contributed by atoms with E-state index in [0.29, 0.717) is 22.6 Å². The van der Waals surface area contributed by atoms with E-state index in [-0.39, 0.29) is 13.0 Å². The first kappa shape index (κ1) is 24.5. The molecule has 0 spiro atoms. The molecule has 1 aliphatic rings. The molecule has 0 bridgehead atoms. The Kier molecular flexibility index (Phi) is 7.00. The number of amides is 4. The molecule has 9 heteroatoms. The highest BCUT2D eigenvalue weighted by Crippen LogP contribution is 2.42. The molecule has 1 heterocycles. The van der Waals surface area contributed by atoms with Crippen LogP contribution >= 0.6 is 0 Å². The largest absolute Gasteiger partial charge is 0.411 e. The Labute approximate surface area is 208 Å². The summed E-state index contributed by atoms with van der Waals surface area (Å²) in [7, 11) is 0. The van der Waals surface area contributed by atoms with Crippen molar-refractivity contribution in [1.82, 2.24) is 5.32 Å². The number of para-hydroxylation sites is 1. The quantitative estimate of drug-likeness (QED) is 0.228. The molecule has 9 nitrogen and oxygen atoms in total. The van der Waals surface area contributed by atoms with Crippen molar-refractivity contribution in [2.24, 2.45) is 5.16 Å². The van der Waals surface area contributed by atoms with Gasteiger partial charge in [0.1, 0.15) is 0 Å². The van der Waals surface area contributed by atoms with Crippen LogP contribution in [-0.4, -0.2) is 35.8 Å². The van der Waals surface area contributed by atoms with Gasteiger partial charge in [0.05, 0.1) is 24.9 Å². The van der Waals surface area contributed by atoms with Gasteiger partial charge in [-0.3, -0.25) is 9.59 Å². The first-order valence-electron chi connectivity index (χ1n) is 11.4. The number of aryl methyl sites for hydroxylation is 2. The number of oxime groups is 1. The second kappa shape index (κ2) is 10.3. The molecule has 3 aromatic carbocycles. The number of rotatable bonds is 7. The number of benzene rings is 3. The van der Waals surface area contributed by atoms with Gasteiger partial charge in [-0.05, 0) is 44.2 Å². The number of hydrogen-bond acceptors (Lipinski definition) is 5. The minimum Gasteiger partial charge on any atom is -0.411 e. The average Bonchev–Trinajstić information content (AvgIpc) is 3.07. The highest BCUT2D eigenvalue weighted by atomic mass is 16.4. The monoisotopic (exact) mass is 485 g/mol. The van der Waals surface area contributed by atoms with Crippen LogP contribution in [0.15, 0.2) is 78.0 Å². The van der Waals surface area contributed by atoms with Crippen molar-refractivity contribution in [3.63, 3.8) is 0 Å². The standard InChI is InChI=1S/C27H27N5O4/c1-18-7-11-20(12-8-18)29-24(33)17-27(31-26(35)30-21-13-9-19(2)10-14-21)22-5-3-4-6-23(22)32(25(27)34)16-15-28-36/h3-15,36H,16-17H2,1-2H3,(H,29,33)(H2,30,31,35). The van der Waals surface area contributed by atoms with Gasteiger partial charge in [0.15, 0.2) is 5.54 Å². The lowest BCUT2D eigenvalue weighted by Crippen LogP contribution is -2.56. The molecule has 0 saturated carbocycles.